The van der Waals surface area contributed by atoms with E-state index in [1.807, 2.05) is 41.2 Å². The smallest absolute Gasteiger partial charge is 0.234 e. The molecule has 10 heteroatoms. The minimum Gasteiger partial charge on any atom is -0.508 e. The summed E-state index contributed by atoms with van der Waals surface area (Å²) >= 11 is 0. The quantitative estimate of drug-likeness (QED) is 0.356. The lowest BCUT2D eigenvalue weighted by atomic mass is 9.81. The van der Waals surface area contributed by atoms with Crippen LogP contribution in [-0.4, -0.2) is 37.9 Å². The Balaban J connectivity index is 0.00000190. The topological polar surface area (TPSA) is 93.4 Å². The van der Waals surface area contributed by atoms with E-state index in [0.29, 0.717) is 24.7 Å². The number of hydrogen-bond acceptors (Lipinski definition) is 6. The maximum Gasteiger partial charge on any atom is 0.234 e. The molecule has 4 aromatic rings. The molecule has 0 saturated heterocycles. The number of ether oxygens (including phenoxy) is 1. The molecule has 1 atom stereocenters. The van der Waals surface area contributed by atoms with Crippen molar-refractivity contribution in [2.45, 2.75) is 38.3 Å². The number of phenols is 1. The Morgan fingerprint density at radius 3 is 2.70 bits per heavy atom. The number of benzene rings is 1. The van der Waals surface area contributed by atoms with Crippen LogP contribution < -0.4 is 9.64 Å². The average molecular weight is 542 g/mol. The number of methoxy groups -OCH3 is 1. The summed E-state index contributed by atoms with van der Waals surface area (Å²) in [5, 5.41) is 14.8. The molecule has 3 heterocycles. The number of anilines is 1. The van der Waals surface area contributed by atoms with Crippen molar-refractivity contribution in [2.75, 3.05) is 12.0 Å². The molecule has 5 rings (SSSR count). The molecule has 0 fully saturated rings. The van der Waals surface area contributed by atoms with E-state index in [1.54, 1.807) is 48.8 Å². The van der Waals surface area contributed by atoms with Crippen LogP contribution in [0.15, 0.2) is 73.3 Å². The predicted molar refractivity (Wildman–Crippen MR) is 146 cm³/mol. The van der Waals surface area contributed by atoms with Crippen LogP contribution in [0.3, 0.4) is 0 Å². The lowest BCUT2D eigenvalue weighted by Gasteiger charge is -2.31. The summed E-state index contributed by atoms with van der Waals surface area (Å²) in [5.41, 5.74) is 4.26. The highest BCUT2D eigenvalue weighted by Gasteiger charge is 2.32. The Hall–Kier alpha value is -3.62. The summed E-state index contributed by atoms with van der Waals surface area (Å²) in [4.78, 5) is 24.4. The molecule has 0 aliphatic heterocycles. The maximum absolute atomic E-state index is 14.0. The summed E-state index contributed by atoms with van der Waals surface area (Å²) in [6.07, 6.45) is 9.48. The first-order chi connectivity index (χ1) is 17.1. The normalized spacial score (nSPS) is 14.0. The van der Waals surface area contributed by atoms with E-state index in [-0.39, 0.29) is 42.4 Å². The van der Waals surface area contributed by atoms with Crippen LogP contribution >= 0.6 is 24.8 Å². The number of carbonyl (C=O) groups excluding carboxylic acids is 1. The maximum atomic E-state index is 14.0. The van der Waals surface area contributed by atoms with Crippen LogP contribution in [0.2, 0.25) is 0 Å². The van der Waals surface area contributed by atoms with Gasteiger partial charge in [-0.1, -0.05) is 18.2 Å². The van der Waals surface area contributed by atoms with Gasteiger partial charge in [-0.2, -0.15) is 5.10 Å². The molecule has 1 N–H and O–H groups in total. The van der Waals surface area contributed by atoms with Gasteiger partial charge >= 0.3 is 0 Å². The summed E-state index contributed by atoms with van der Waals surface area (Å²) in [5.74, 6) is 0.378. The highest BCUT2D eigenvalue weighted by atomic mass is 35.5. The van der Waals surface area contributed by atoms with Crippen molar-refractivity contribution in [3.8, 4) is 11.6 Å². The number of amides is 1. The van der Waals surface area contributed by atoms with Crippen molar-refractivity contribution in [2.24, 2.45) is 0 Å². The van der Waals surface area contributed by atoms with E-state index in [0.717, 1.165) is 41.6 Å². The highest BCUT2D eigenvalue weighted by molar-refractivity contribution is 5.98. The van der Waals surface area contributed by atoms with Gasteiger partial charge in [0.15, 0.2) is 0 Å². The monoisotopic (exact) mass is 541 g/mol. The highest BCUT2D eigenvalue weighted by Crippen LogP contribution is 2.38. The molecule has 0 saturated carbocycles. The van der Waals surface area contributed by atoms with Crippen LogP contribution in [0.1, 0.15) is 41.1 Å². The van der Waals surface area contributed by atoms with Crippen LogP contribution in [-0.2, 0) is 24.3 Å². The minimum atomic E-state index is -0.337. The van der Waals surface area contributed by atoms with E-state index in [4.69, 9.17) is 4.74 Å². The van der Waals surface area contributed by atoms with Gasteiger partial charge in [0.05, 0.1) is 49.9 Å². The van der Waals surface area contributed by atoms with E-state index >= 15 is 0 Å². The molecular formula is C27H29Cl2N5O3. The fraction of sp³-hybridized carbons (Fsp3) is 0.259. The largest absolute Gasteiger partial charge is 0.508 e. The Labute approximate surface area is 228 Å². The zero-order valence-corrected chi connectivity index (χ0v) is 22.0. The van der Waals surface area contributed by atoms with Gasteiger partial charge in [0, 0.05) is 24.0 Å². The molecule has 3 aromatic heterocycles. The molecule has 1 aromatic carbocycles. The van der Waals surface area contributed by atoms with E-state index in [9.17, 15) is 9.90 Å². The SMILES string of the molecule is COc1ccc(N(Cc2cnn(Cc3ccccn3)c2)C(=O)C2CCCc3c(O)cccc32)cn1.Cl.Cl. The van der Waals surface area contributed by atoms with Crippen LogP contribution in [0, 0.1) is 0 Å². The zero-order chi connectivity index (χ0) is 24.2. The molecule has 1 aliphatic carbocycles. The van der Waals surface area contributed by atoms with E-state index in [2.05, 4.69) is 15.1 Å². The Morgan fingerprint density at radius 2 is 1.97 bits per heavy atom. The number of aromatic hydroxyl groups is 1. The van der Waals surface area contributed by atoms with Gasteiger partial charge in [-0.3, -0.25) is 14.5 Å². The van der Waals surface area contributed by atoms with Gasteiger partial charge in [-0.15, -0.1) is 24.8 Å². The van der Waals surface area contributed by atoms with Gasteiger partial charge < -0.3 is 14.7 Å². The number of nitrogens with zero attached hydrogens (tertiary/aromatic N) is 5. The number of aromatic nitrogens is 4. The molecule has 8 nitrogen and oxygen atoms in total. The van der Waals surface area contributed by atoms with Crippen molar-refractivity contribution in [1.29, 1.82) is 0 Å². The fourth-order valence-electron chi connectivity index (χ4n) is 4.64. The number of pyridine rings is 2. The number of fused-ring (bicyclic) bond motifs is 1. The van der Waals surface area contributed by atoms with Gasteiger partial charge in [0.1, 0.15) is 5.75 Å². The third kappa shape index (κ3) is 6.21. The zero-order valence-electron chi connectivity index (χ0n) is 20.4. The Morgan fingerprint density at radius 1 is 1.11 bits per heavy atom. The lowest BCUT2D eigenvalue weighted by molar-refractivity contribution is -0.120. The van der Waals surface area contributed by atoms with Crippen LogP contribution in [0.4, 0.5) is 5.69 Å². The van der Waals surface area contributed by atoms with E-state index in [1.165, 1.54) is 0 Å². The first-order valence-corrected chi connectivity index (χ1v) is 11.7. The van der Waals surface area contributed by atoms with E-state index < -0.39 is 0 Å². The lowest BCUT2D eigenvalue weighted by Crippen LogP contribution is -2.36. The number of rotatable bonds is 7. The second kappa shape index (κ2) is 12.6. The number of halogens is 2. The van der Waals surface area contributed by atoms with Crippen molar-refractivity contribution in [3.05, 3.63) is 95.7 Å². The summed E-state index contributed by atoms with van der Waals surface area (Å²) in [7, 11) is 1.56. The molecule has 0 radical (unpaired) electrons. The minimum absolute atomic E-state index is 0. The first-order valence-electron chi connectivity index (χ1n) is 11.7. The molecule has 0 bridgehead atoms. The van der Waals surface area contributed by atoms with Crippen molar-refractivity contribution in [1.82, 2.24) is 19.7 Å². The Bertz CT molecular complexity index is 1320. The number of hydrogen-bond donors (Lipinski definition) is 1. The molecular weight excluding hydrogens is 513 g/mol. The molecule has 1 aliphatic rings. The molecule has 37 heavy (non-hydrogen) atoms. The van der Waals surface area contributed by atoms with Crippen LogP contribution in [0.25, 0.3) is 0 Å². The number of phenolic OH excluding ortho intramolecular Hbond substituents is 1. The van der Waals surface area contributed by atoms with Gasteiger partial charge in [0.25, 0.3) is 0 Å². The van der Waals surface area contributed by atoms with Gasteiger partial charge in [0.2, 0.25) is 11.8 Å². The third-order valence-electron chi connectivity index (χ3n) is 6.37. The van der Waals surface area contributed by atoms with Gasteiger partial charge in [-0.05, 0) is 54.7 Å². The summed E-state index contributed by atoms with van der Waals surface area (Å²) in [6.45, 7) is 0.897. The number of carbonyl (C=O) groups is 1. The second-order valence-corrected chi connectivity index (χ2v) is 8.64. The second-order valence-electron chi connectivity index (χ2n) is 8.64. The van der Waals surface area contributed by atoms with Crippen LogP contribution in [0.5, 0.6) is 11.6 Å². The Kier molecular flexibility index (Phi) is 9.49. The van der Waals surface area contributed by atoms with Crippen molar-refractivity contribution < 1.29 is 14.6 Å². The molecule has 0 spiro atoms. The fourth-order valence-corrected chi connectivity index (χ4v) is 4.64. The standard InChI is InChI=1S/C27H27N5O3.2ClH/c1-35-26-12-11-21(15-29-26)32(17-19-14-30-31(16-19)18-20-6-2-3-13-28-20)27(34)24-9-4-8-23-22(24)7-5-10-25(23)33;;/h2-3,5-7,10-16,24,33H,4,8-9,17-18H2,1H3;2*1H. The summed E-state index contributed by atoms with van der Waals surface area (Å²) < 4.78 is 7.02. The first kappa shape index (κ1) is 28.0. The average Bonchev–Trinajstić information content (AvgIpc) is 3.34. The summed E-state index contributed by atoms with van der Waals surface area (Å²) in [6, 6.07) is 14.8. The third-order valence-corrected chi connectivity index (χ3v) is 6.37. The van der Waals surface area contributed by atoms with Crippen molar-refractivity contribution >= 4 is 36.4 Å². The predicted octanol–water partition coefficient (Wildman–Crippen LogP) is 4.93. The van der Waals surface area contributed by atoms with Crippen molar-refractivity contribution in [3.63, 3.8) is 0 Å². The molecule has 1 unspecified atom stereocenters. The molecule has 1 amide bonds. The van der Waals surface area contributed by atoms with Gasteiger partial charge in [-0.25, -0.2) is 4.98 Å². The molecule has 194 valence electrons.